The maximum absolute atomic E-state index is 5.97. The Morgan fingerprint density at radius 1 is 1.20 bits per heavy atom. The number of benzene rings is 1. The lowest BCUT2D eigenvalue weighted by Crippen LogP contribution is -2.39. The van der Waals surface area contributed by atoms with Crippen LogP contribution >= 0.6 is 0 Å². The first-order valence-electron chi connectivity index (χ1n) is 7.61. The van der Waals surface area contributed by atoms with Gasteiger partial charge in [0, 0.05) is 38.8 Å². The zero-order valence-electron chi connectivity index (χ0n) is 12.4. The van der Waals surface area contributed by atoms with Gasteiger partial charge in [0.15, 0.2) is 0 Å². The Balaban J connectivity index is 1.89. The molecule has 2 rings (SSSR count). The first-order valence-corrected chi connectivity index (χ1v) is 7.61. The number of anilines is 1. The van der Waals surface area contributed by atoms with Gasteiger partial charge in [0.1, 0.15) is 5.75 Å². The molecule has 20 heavy (non-hydrogen) atoms. The highest BCUT2D eigenvalue weighted by atomic mass is 16.5. The number of para-hydroxylation sites is 2. The van der Waals surface area contributed by atoms with Crippen LogP contribution < -0.4 is 15.4 Å². The van der Waals surface area contributed by atoms with Crippen molar-refractivity contribution in [2.75, 3.05) is 37.8 Å². The largest absolute Gasteiger partial charge is 0.491 e. The van der Waals surface area contributed by atoms with Crippen LogP contribution in [0, 0.1) is 0 Å². The van der Waals surface area contributed by atoms with E-state index in [4.69, 9.17) is 15.2 Å². The number of nitrogens with two attached hydrogens (primary N) is 1. The summed E-state index contributed by atoms with van der Waals surface area (Å²) in [6.45, 7) is 6.27. The molecule has 2 N–H and O–H groups in total. The summed E-state index contributed by atoms with van der Waals surface area (Å²) in [6.07, 6.45) is 3.03. The molecule has 4 heteroatoms. The van der Waals surface area contributed by atoms with Crippen LogP contribution in [0.15, 0.2) is 24.3 Å². The van der Waals surface area contributed by atoms with Crippen LogP contribution in [0.2, 0.25) is 0 Å². The first-order chi connectivity index (χ1) is 9.81. The van der Waals surface area contributed by atoms with Crippen LogP contribution in [-0.4, -0.2) is 39.0 Å². The Hall–Kier alpha value is -1.26. The van der Waals surface area contributed by atoms with Crippen LogP contribution in [0.25, 0.3) is 0 Å². The van der Waals surface area contributed by atoms with Gasteiger partial charge in [0.2, 0.25) is 0 Å². The maximum atomic E-state index is 5.97. The number of hydrogen-bond acceptors (Lipinski definition) is 4. The second kappa shape index (κ2) is 8.12. The molecular weight excluding hydrogens is 252 g/mol. The van der Waals surface area contributed by atoms with Crippen LogP contribution in [0.5, 0.6) is 5.75 Å². The second-order valence-corrected chi connectivity index (χ2v) is 5.19. The summed E-state index contributed by atoms with van der Waals surface area (Å²) in [5.74, 6) is 0.972. The molecule has 1 saturated heterocycles. The molecule has 1 aromatic rings. The van der Waals surface area contributed by atoms with E-state index in [-0.39, 0.29) is 0 Å². The van der Waals surface area contributed by atoms with E-state index >= 15 is 0 Å². The van der Waals surface area contributed by atoms with Crippen molar-refractivity contribution in [3.8, 4) is 5.75 Å². The summed E-state index contributed by atoms with van der Waals surface area (Å²) < 4.78 is 11.2. The summed E-state index contributed by atoms with van der Waals surface area (Å²) in [7, 11) is 0. The minimum absolute atomic E-state index is 0.352. The molecule has 0 radical (unpaired) electrons. The number of ether oxygens (including phenoxy) is 2. The van der Waals surface area contributed by atoms with Gasteiger partial charge in [0.25, 0.3) is 0 Å². The fraction of sp³-hybridized carbons (Fsp3) is 0.625. The molecule has 0 aromatic heterocycles. The SMILES string of the molecule is CCOCCCOc1ccccc1N1CCC(N)CC1. The van der Waals surface area contributed by atoms with E-state index in [1.54, 1.807) is 0 Å². The Morgan fingerprint density at radius 2 is 1.95 bits per heavy atom. The normalized spacial score (nSPS) is 16.4. The van der Waals surface area contributed by atoms with Gasteiger partial charge in [-0.05, 0) is 31.9 Å². The van der Waals surface area contributed by atoms with Gasteiger partial charge in [-0.15, -0.1) is 0 Å². The van der Waals surface area contributed by atoms with E-state index in [0.29, 0.717) is 12.6 Å². The van der Waals surface area contributed by atoms with Gasteiger partial charge in [0.05, 0.1) is 12.3 Å². The molecule has 0 unspecified atom stereocenters. The fourth-order valence-electron chi connectivity index (χ4n) is 2.47. The van der Waals surface area contributed by atoms with Crippen molar-refractivity contribution in [2.24, 2.45) is 5.73 Å². The minimum Gasteiger partial charge on any atom is -0.491 e. The number of nitrogens with zero attached hydrogens (tertiary/aromatic N) is 1. The highest BCUT2D eigenvalue weighted by Crippen LogP contribution is 2.30. The summed E-state index contributed by atoms with van der Waals surface area (Å²) in [4.78, 5) is 2.38. The summed E-state index contributed by atoms with van der Waals surface area (Å²) >= 11 is 0. The molecule has 0 aliphatic carbocycles. The van der Waals surface area contributed by atoms with Crippen molar-refractivity contribution in [1.29, 1.82) is 0 Å². The second-order valence-electron chi connectivity index (χ2n) is 5.19. The van der Waals surface area contributed by atoms with Crippen molar-refractivity contribution in [3.63, 3.8) is 0 Å². The van der Waals surface area contributed by atoms with E-state index in [1.807, 2.05) is 19.1 Å². The molecule has 0 spiro atoms. The van der Waals surface area contributed by atoms with Gasteiger partial charge >= 0.3 is 0 Å². The molecule has 1 aromatic carbocycles. The van der Waals surface area contributed by atoms with Crippen LogP contribution in [0.1, 0.15) is 26.2 Å². The van der Waals surface area contributed by atoms with Gasteiger partial charge in [-0.3, -0.25) is 0 Å². The molecule has 0 saturated carbocycles. The first kappa shape index (κ1) is 15.1. The van der Waals surface area contributed by atoms with Gasteiger partial charge in [-0.25, -0.2) is 0 Å². The molecule has 112 valence electrons. The Morgan fingerprint density at radius 3 is 2.70 bits per heavy atom. The molecule has 1 heterocycles. The van der Waals surface area contributed by atoms with Crippen molar-refractivity contribution < 1.29 is 9.47 Å². The summed E-state index contributed by atoms with van der Waals surface area (Å²) in [5.41, 5.74) is 7.16. The lowest BCUT2D eigenvalue weighted by atomic mass is 10.1. The minimum atomic E-state index is 0.352. The van der Waals surface area contributed by atoms with Gasteiger partial charge in [-0.2, -0.15) is 0 Å². The highest BCUT2D eigenvalue weighted by Gasteiger charge is 2.18. The van der Waals surface area contributed by atoms with E-state index in [9.17, 15) is 0 Å². The average molecular weight is 278 g/mol. The van der Waals surface area contributed by atoms with Crippen molar-refractivity contribution in [2.45, 2.75) is 32.2 Å². The topological polar surface area (TPSA) is 47.7 Å². The number of rotatable bonds is 7. The third kappa shape index (κ3) is 4.39. The Labute approximate surface area is 121 Å². The smallest absolute Gasteiger partial charge is 0.142 e. The molecule has 1 aliphatic rings. The zero-order valence-corrected chi connectivity index (χ0v) is 12.4. The van der Waals surface area contributed by atoms with E-state index in [2.05, 4.69) is 17.0 Å². The third-order valence-electron chi connectivity index (χ3n) is 3.64. The van der Waals surface area contributed by atoms with Crippen molar-refractivity contribution in [1.82, 2.24) is 0 Å². The highest BCUT2D eigenvalue weighted by molar-refractivity contribution is 5.58. The molecule has 0 atom stereocenters. The zero-order chi connectivity index (χ0) is 14.2. The van der Waals surface area contributed by atoms with Crippen LogP contribution in [0.3, 0.4) is 0 Å². The Kier molecular flexibility index (Phi) is 6.15. The number of piperidine rings is 1. The van der Waals surface area contributed by atoms with E-state index in [0.717, 1.165) is 51.3 Å². The summed E-state index contributed by atoms with van der Waals surface area (Å²) in [5, 5.41) is 0. The number of hydrogen-bond donors (Lipinski definition) is 1. The van der Waals surface area contributed by atoms with E-state index in [1.165, 1.54) is 5.69 Å². The van der Waals surface area contributed by atoms with E-state index < -0.39 is 0 Å². The monoisotopic (exact) mass is 278 g/mol. The third-order valence-corrected chi connectivity index (χ3v) is 3.64. The standard InChI is InChI=1S/C16H26N2O2/c1-2-19-12-5-13-20-16-7-4-3-6-15(16)18-10-8-14(17)9-11-18/h3-4,6-7,14H,2,5,8-13,17H2,1H3. The fourth-order valence-corrected chi connectivity index (χ4v) is 2.47. The lowest BCUT2D eigenvalue weighted by molar-refractivity contribution is 0.131. The molecule has 1 fully saturated rings. The van der Waals surface area contributed by atoms with Gasteiger partial charge in [-0.1, -0.05) is 12.1 Å². The van der Waals surface area contributed by atoms with Crippen LogP contribution in [-0.2, 0) is 4.74 Å². The summed E-state index contributed by atoms with van der Waals surface area (Å²) in [6, 6.07) is 8.62. The maximum Gasteiger partial charge on any atom is 0.142 e. The van der Waals surface area contributed by atoms with Gasteiger partial charge < -0.3 is 20.1 Å². The molecule has 1 aliphatic heterocycles. The average Bonchev–Trinajstić information content (AvgIpc) is 2.48. The molecular formula is C16H26N2O2. The van der Waals surface area contributed by atoms with Crippen molar-refractivity contribution >= 4 is 5.69 Å². The lowest BCUT2D eigenvalue weighted by Gasteiger charge is -2.33. The molecule has 4 nitrogen and oxygen atoms in total. The Bertz CT molecular complexity index is 390. The predicted octanol–water partition coefficient (Wildman–Crippen LogP) is 2.42. The van der Waals surface area contributed by atoms with Crippen molar-refractivity contribution in [3.05, 3.63) is 24.3 Å². The van der Waals surface area contributed by atoms with Crippen LogP contribution in [0.4, 0.5) is 5.69 Å². The molecule has 0 bridgehead atoms. The molecule has 0 amide bonds. The predicted molar refractivity (Wildman–Crippen MR) is 82.5 cm³/mol. The quantitative estimate of drug-likeness (QED) is 0.778.